The maximum atomic E-state index is 12.8. The van der Waals surface area contributed by atoms with E-state index >= 15 is 0 Å². The Bertz CT molecular complexity index is 937. The maximum absolute atomic E-state index is 12.8. The first-order valence-corrected chi connectivity index (χ1v) is 9.85. The van der Waals surface area contributed by atoms with Crippen LogP contribution >= 0.6 is 23.1 Å². The number of carbonyl (C=O) groups is 1. The fourth-order valence-electron chi connectivity index (χ4n) is 3.50. The number of aliphatic hydroxyl groups excluding tert-OH is 1. The van der Waals surface area contributed by atoms with E-state index in [2.05, 4.69) is 18.8 Å². The van der Waals surface area contributed by atoms with Crippen LogP contribution in [-0.4, -0.2) is 15.2 Å². The first-order valence-electron chi connectivity index (χ1n) is 8.22. The average molecular weight is 373 g/mol. The van der Waals surface area contributed by atoms with Gasteiger partial charge in [-0.05, 0) is 42.7 Å². The van der Waals surface area contributed by atoms with Crippen molar-refractivity contribution in [3.63, 3.8) is 0 Å². The van der Waals surface area contributed by atoms with Gasteiger partial charge >= 0.3 is 0 Å². The van der Waals surface area contributed by atoms with E-state index in [9.17, 15) is 9.90 Å². The van der Waals surface area contributed by atoms with Crippen LogP contribution in [0.3, 0.4) is 0 Å². The summed E-state index contributed by atoms with van der Waals surface area (Å²) < 4.78 is 7.67. The largest absolute Gasteiger partial charge is 0.456 e. The lowest BCUT2D eigenvalue weighted by molar-refractivity contribution is 0.0919. The van der Waals surface area contributed by atoms with Crippen LogP contribution in [0.15, 0.2) is 33.0 Å². The first-order chi connectivity index (χ1) is 11.8. The predicted octanol–water partition coefficient (Wildman–Crippen LogP) is 5.14. The van der Waals surface area contributed by atoms with Crippen molar-refractivity contribution >= 4 is 38.4 Å². The van der Waals surface area contributed by atoms with Crippen molar-refractivity contribution in [3.8, 4) is 0 Å². The lowest BCUT2D eigenvalue weighted by Crippen LogP contribution is -2.24. The van der Waals surface area contributed by atoms with Gasteiger partial charge in [0.15, 0.2) is 10.1 Å². The Morgan fingerprint density at radius 1 is 1.40 bits per heavy atom. The number of fused-ring (bicyclic) bond motifs is 2. The van der Waals surface area contributed by atoms with E-state index in [0.29, 0.717) is 16.5 Å². The molecule has 0 saturated heterocycles. The molecule has 4 rings (SSSR count). The second-order valence-corrected chi connectivity index (χ2v) is 9.54. The number of thioether (sulfide) groups is 1. The third-order valence-corrected chi connectivity index (χ3v) is 6.60. The normalized spacial score (nSPS) is 19.1. The smallest absolute Gasteiger partial charge is 0.261 e. The summed E-state index contributed by atoms with van der Waals surface area (Å²) in [4.78, 5) is 17.2. The Morgan fingerprint density at radius 3 is 2.92 bits per heavy atom. The van der Waals surface area contributed by atoms with Crippen molar-refractivity contribution in [1.29, 1.82) is 0 Å². The van der Waals surface area contributed by atoms with Gasteiger partial charge in [-0.3, -0.25) is 4.79 Å². The third-order valence-electron chi connectivity index (χ3n) is 4.63. The monoisotopic (exact) mass is 373 g/mol. The molecule has 1 aliphatic carbocycles. The molecule has 25 heavy (non-hydrogen) atoms. The quantitative estimate of drug-likeness (QED) is 0.631. The zero-order valence-corrected chi connectivity index (χ0v) is 16.0. The average Bonchev–Trinajstić information content (AvgIpc) is 3.06. The fraction of sp³-hybridized carbons (Fsp3) is 0.368. The highest BCUT2D eigenvalue weighted by molar-refractivity contribution is 8.15. The number of para-hydroxylation sites is 1. The molecule has 0 radical (unpaired) electrons. The minimum absolute atomic E-state index is 0.0306. The SMILES string of the molecule is Cc1c(C(=O)Sc2nc3ccccc3s2)oc2c1[C@H](O)CC(C)(C)C2. The van der Waals surface area contributed by atoms with E-state index in [1.807, 2.05) is 31.2 Å². The number of furan rings is 1. The van der Waals surface area contributed by atoms with Gasteiger partial charge in [0.25, 0.3) is 5.12 Å². The molecule has 4 nitrogen and oxygen atoms in total. The summed E-state index contributed by atoms with van der Waals surface area (Å²) in [7, 11) is 0. The lowest BCUT2D eigenvalue weighted by Gasteiger charge is -2.31. The van der Waals surface area contributed by atoms with E-state index in [4.69, 9.17) is 4.42 Å². The van der Waals surface area contributed by atoms with Crippen LogP contribution in [0.4, 0.5) is 0 Å². The highest BCUT2D eigenvalue weighted by Gasteiger charge is 2.37. The second-order valence-electron chi connectivity index (χ2n) is 7.29. The summed E-state index contributed by atoms with van der Waals surface area (Å²) in [5.41, 5.74) is 2.43. The molecule has 6 heteroatoms. The molecule has 0 unspecified atom stereocenters. The Balaban J connectivity index is 1.65. The van der Waals surface area contributed by atoms with Crippen LogP contribution < -0.4 is 0 Å². The summed E-state index contributed by atoms with van der Waals surface area (Å²) in [5.74, 6) is 1.08. The second kappa shape index (κ2) is 5.97. The Hall–Kier alpha value is -1.63. The van der Waals surface area contributed by atoms with Crippen LogP contribution in [-0.2, 0) is 6.42 Å². The van der Waals surface area contributed by atoms with E-state index in [0.717, 1.165) is 45.3 Å². The first kappa shape index (κ1) is 16.8. The van der Waals surface area contributed by atoms with Gasteiger partial charge in [0, 0.05) is 17.5 Å². The van der Waals surface area contributed by atoms with Gasteiger partial charge in [-0.1, -0.05) is 26.0 Å². The molecule has 2 aromatic heterocycles. The Morgan fingerprint density at radius 2 is 2.16 bits per heavy atom. The molecule has 0 amide bonds. The number of hydrogen-bond acceptors (Lipinski definition) is 6. The number of hydrogen-bond donors (Lipinski definition) is 1. The maximum Gasteiger partial charge on any atom is 0.261 e. The van der Waals surface area contributed by atoms with E-state index in [1.165, 1.54) is 11.3 Å². The highest BCUT2D eigenvalue weighted by atomic mass is 32.2. The summed E-state index contributed by atoms with van der Waals surface area (Å²) in [6, 6.07) is 7.84. The summed E-state index contributed by atoms with van der Waals surface area (Å²) in [6.45, 7) is 6.07. The van der Waals surface area contributed by atoms with Gasteiger partial charge in [0.1, 0.15) is 5.76 Å². The number of benzene rings is 1. The van der Waals surface area contributed by atoms with Crippen molar-refractivity contribution in [2.24, 2.45) is 5.41 Å². The number of aromatic nitrogens is 1. The zero-order valence-electron chi connectivity index (χ0n) is 14.3. The van der Waals surface area contributed by atoms with E-state index in [-0.39, 0.29) is 10.5 Å². The predicted molar refractivity (Wildman–Crippen MR) is 100 cm³/mol. The molecule has 0 bridgehead atoms. The van der Waals surface area contributed by atoms with Crippen LogP contribution in [0.1, 0.15) is 53.8 Å². The molecule has 130 valence electrons. The highest BCUT2D eigenvalue weighted by Crippen LogP contribution is 2.45. The minimum atomic E-state index is -0.573. The van der Waals surface area contributed by atoms with Gasteiger partial charge in [-0.2, -0.15) is 0 Å². The summed E-state index contributed by atoms with van der Waals surface area (Å²) in [5, 5.41) is 10.3. The van der Waals surface area contributed by atoms with Crippen LogP contribution in [0.5, 0.6) is 0 Å². The van der Waals surface area contributed by atoms with Gasteiger partial charge in [-0.15, -0.1) is 11.3 Å². The molecule has 0 aliphatic heterocycles. The van der Waals surface area contributed by atoms with Gasteiger partial charge in [0.05, 0.1) is 16.3 Å². The van der Waals surface area contributed by atoms with Crippen molar-refractivity contribution < 1.29 is 14.3 Å². The zero-order chi connectivity index (χ0) is 17.8. The molecule has 0 spiro atoms. The lowest BCUT2D eigenvalue weighted by atomic mass is 9.75. The molecule has 0 saturated carbocycles. The number of thiazole rings is 1. The van der Waals surface area contributed by atoms with Crippen LogP contribution in [0.25, 0.3) is 10.2 Å². The number of aliphatic hydroxyl groups is 1. The molecule has 1 N–H and O–H groups in total. The van der Waals surface area contributed by atoms with Crippen molar-refractivity contribution in [3.05, 3.63) is 46.9 Å². The van der Waals surface area contributed by atoms with Crippen molar-refractivity contribution in [2.75, 3.05) is 0 Å². The van der Waals surface area contributed by atoms with Gasteiger partial charge < -0.3 is 9.52 Å². The van der Waals surface area contributed by atoms with Crippen molar-refractivity contribution in [2.45, 2.75) is 44.1 Å². The summed E-state index contributed by atoms with van der Waals surface area (Å²) >= 11 is 2.60. The molecule has 1 aromatic carbocycles. The van der Waals surface area contributed by atoms with Gasteiger partial charge in [0.2, 0.25) is 0 Å². The minimum Gasteiger partial charge on any atom is -0.456 e. The Kier molecular flexibility index (Phi) is 4.02. The molecule has 1 atom stereocenters. The topological polar surface area (TPSA) is 63.3 Å². The van der Waals surface area contributed by atoms with Crippen molar-refractivity contribution in [1.82, 2.24) is 4.98 Å². The molecular weight excluding hydrogens is 354 g/mol. The molecule has 2 heterocycles. The number of rotatable bonds is 2. The molecular formula is C19H19NO3S2. The third kappa shape index (κ3) is 3.03. The van der Waals surface area contributed by atoms with Crippen LogP contribution in [0.2, 0.25) is 0 Å². The number of carbonyl (C=O) groups excluding carboxylic acids is 1. The van der Waals surface area contributed by atoms with E-state index < -0.39 is 6.10 Å². The Labute approximate surface area is 154 Å². The standard InChI is InChI=1S/C19H19NO3S2/c1-10-15-12(21)8-19(2,3)9-13(15)23-16(10)17(22)25-18-20-11-6-4-5-7-14(11)24-18/h4-7,12,21H,8-9H2,1-3H3/t12-/m1/s1. The van der Waals surface area contributed by atoms with Crippen LogP contribution in [0, 0.1) is 12.3 Å². The van der Waals surface area contributed by atoms with E-state index in [1.54, 1.807) is 0 Å². The summed E-state index contributed by atoms with van der Waals surface area (Å²) in [6.07, 6.45) is 0.842. The number of nitrogens with zero attached hydrogens (tertiary/aromatic N) is 1. The molecule has 1 aliphatic rings. The molecule has 3 aromatic rings. The van der Waals surface area contributed by atoms with Gasteiger partial charge in [-0.25, -0.2) is 4.98 Å². The molecule has 0 fully saturated rings. The fourth-order valence-corrected chi connectivity index (χ4v) is 5.45.